The van der Waals surface area contributed by atoms with Gasteiger partial charge in [0.15, 0.2) is 0 Å². The van der Waals surface area contributed by atoms with Gasteiger partial charge in [-0.1, -0.05) is 0 Å². The van der Waals surface area contributed by atoms with Gasteiger partial charge in [0.2, 0.25) is 0 Å². The van der Waals surface area contributed by atoms with Crippen molar-refractivity contribution in [3.05, 3.63) is 21.9 Å². The summed E-state index contributed by atoms with van der Waals surface area (Å²) in [5.41, 5.74) is 1.47. The third-order valence-electron chi connectivity index (χ3n) is 2.63. The van der Waals surface area contributed by atoms with Crippen molar-refractivity contribution < 1.29 is 0 Å². The highest BCUT2D eigenvalue weighted by atomic mass is 35.5. The molecule has 0 spiro atoms. The zero-order valence-corrected chi connectivity index (χ0v) is 9.50. The third-order valence-corrected chi connectivity index (χ3v) is 4.11. The van der Waals surface area contributed by atoms with Gasteiger partial charge >= 0.3 is 0 Å². The van der Waals surface area contributed by atoms with E-state index in [9.17, 15) is 0 Å². The van der Waals surface area contributed by atoms with Crippen molar-refractivity contribution in [1.29, 1.82) is 0 Å². The van der Waals surface area contributed by atoms with Crippen molar-refractivity contribution in [2.45, 2.75) is 38.0 Å². The number of hydrogen-bond acceptors (Lipinski definition) is 1. The molecule has 1 heterocycles. The Labute approximate surface area is 88.9 Å². The molecule has 0 N–H and O–H groups in total. The molecule has 13 heavy (non-hydrogen) atoms. The van der Waals surface area contributed by atoms with Crippen LogP contribution in [0, 0.1) is 12.8 Å². The molecule has 0 aliphatic heterocycles. The molecule has 1 saturated carbocycles. The molecule has 1 unspecified atom stereocenters. The molecule has 1 aromatic rings. The summed E-state index contributed by atoms with van der Waals surface area (Å²) < 4.78 is 0. The van der Waals surface area contributed by atoms with E-state index in [0.717, 1.165) is 18.8 Å². The van der Waals surface area contributed by atoms with Crippen LogP contribution in [0.1, 0.15) is 29.7 Å². The molecule has 1 aliphatic rings. The monoisotopic (exact) mass is 214 g/mol. The molecule has 2 rings (SSSR count). The molecule has 1 aromatic heterocycles. The first kappa shape index (κ1) is 9.54. The van der Waals surface area contributed by atoms with Crippen LogP contribution < -0.4 is 0 Å². The molecule has 2 heteroatoms. The summed E-state index contributed by atoms with van der Waals surface area (Å²) in [7, 11) is 0. The predicted octanol–water partition coefficient (Wildman–Crippen LogP) is 4.01. The summed E-state index contributed by atoms with van der Waals surface area (Å²) in [4.78, 5) is 1.41. The summed E-state index contributed by atoms with van der Waals surface area (Å²) in [6, 6.07) is 2.28. The van der Waals surface area contributed by atoms with Crippen LogP contribution >= 0.6 is 22.9 Å². The minimum absolute atomic E-state index is 0.431. The van der Waals surface area contributed by atoms with E-state index in [-0.39, 0.29) is 0 Å². The van der Waals surface area contributed by atoms with Crippen molar-refractivity contribution in [1.82, 2.24) is 0 Å². The Balaban J connectivity index is 1.78. The van der Waals surface area contributed by atoms with Crippen LogP contribution in [0.2, 0.25) is 0 Å². The molecular formula is C11H15ClS. The number of aryl methyl sites for hydroxylation is 2. The molecule has 0 saturated heterocycles. The number of alkyl halides is 1. The molecule has 0 aromatic carbocycles. The second-order valence-corrected chi connectivity index (χ2v) is 5.63. The highest BCUT2D eigenvalue weighted by molar-refractivity contribution is 7.10. The smallest absolute Gasteiger partial charge is 0.0367 e. The van der Waals surface area contributed by atoms with Gasteiger partial charge in [0.25, 0.3) is 0 Å². The zero-order valence-electron chi connectivity index (χ0n) is 7.92. The number of hydrogen-bond donors (Lipinski definition) is 0. The number of thiophene rings is 1. The first-order valence-corrected chi connectivity index (χ1v) is 6.25. The minimum Gasteiger partial charge on any atom is -0.149 e. The van der Waals surface area contributed by atoms with Crippen LogP contribution in [0.25, 0.3) is 0 Å². The highest BCUT2D eigenvalue weighted by Gasteiger charge is 2.29. The Morgan fingerprint density at radius 3 is 2.92 bits per heavy atom. The maximum atomic E-state index is 6.24. The maximum absolute atomic E-state index is 6.24. The lowest BCUT2D eigenvalue weighted by Gasteiger charge is -2.05. The third kappa shape index (κ3) is 2.72. The normalized spacial score (nSPS) is 18.9. The average molecular weight is 215 g/mol. The van der Waals surface area contributed by atoms with Crippen LogP contribution in [0.4, 0.5) is 0 Å². The Kier molecular flexibility index (Phi) is 2.95. The number of rotatable bonds is 4. The van der Waals surface area contributed by atoms with Gasteiger partial charge in [-0.05, 0) is 55.5 Å². The van der Waals surface area contributed by atoms with E-state index >= 15 is 0 Å². The lowest BCUT2D eigenvalue weighted by Crippen LogP contribution is -2.02. The van der Waals surface area contributed by atoms with Crippen molar-refractivity contribution >= 4 is 22.9 Å². The van der Waals surface area contributed by atoms with Crippen LogP contribution in [-0.2, 0) is 6.42 Å². The van der Waals surface area contributed by atoms with E-state index in [4.69, 9.17) is 11.6 Å². The second-order valence-electron chi connectivity index (χ2n) is 3.96. The molecule has 0 nitrogen and oxygen atoms in total. The van der Waals surface area contributed by atoms with Crippen LogP contribution in [0.3, 0.4) is 0 Å². The fraction of sp³-hybridized carbons (Fsp3) is 0.636. The van der Waals surface area contributed by atoms with Gasteiger partial charge in [-0.3, -0.25) is 0 Å². The van der Waals surface area contributed by atoms with Crippen LogP contribution in [0.5, 0.6) is 0 Å². The second kappa shape index (κ2) is 4.02. The van der Waals surface area contributed by atoms with Gasteiger partial charge in [0.05, 0.1) is 0 Å². The molecule has 1 atom stereocenters. The van der Waals surface area contributed by atoms with E-state index in [0.29, 0.717) is 5.38 Å². The Morgan fingerprint density at radius 2 is 2.38 bits per heavy atom. The summed E-state index contributed by atoms with van der Waals surface area (Å²) in [5, 5.41) is 2.69. The van der Waals surface area contributed by atoms with Gasteiger partial charge in [0, 0.05) is 10.3 Å². The maximum Gasteiger partial charge on any atom is 0.0367 e. The molecule has 1 fully saturated rings. The SMILES string of the molecule is Cc1cc(CCC(Cl)C2CC2)cs1. The molecular weight excluding hydrogens is 200 g/mol. The fourth-order valence-corrected chi connectivity index (χ4v) is 2.73. The minimum atomic E-state index is 0.431. The molecule has 72 valence electrons. The van der Waals surface area contributed by atoms with Gasteiger partial charge in [-0.15, -0.1) is 22.9 Å². The van der Waals surface area contributed by atoms with E-state index < -0.39 is 0 Å². The standard InChI is InChI=1S/C11H15ClS/c1-8-6-9(7-13-8)2-5-11(12)10-3-4-10/h6-7,10-11H,2-5H2,1H3. The van der Waals surface area contributed by atoms with Crippen molar-refractivity contribution in [3.8, 4) is 0 Å². The molecule has 0 radical (unpaired) electrons. The van der Waals surface area contributed by atoms with Gasteiger partial charge < -0.3 is 0 Å². The first-order chi connectivity index (χ1) is 6.25. The van der Waals surface area contributed by atoms with E-state index in [2.05, 4.69) is 18.4 Å². The Morgan fingerprint density at radius 1 is 1.62 bits per heavy atom. The summed E-state index contributed by atoms with van der Waals surface area (Å²) in [5.74, 6) is 0.835. The number of halogens is 1. The lowest BCUT2D eigenvalue weighted by atomic mass is 10.1. The first-order valence-electron chi connectivity index (χ1n) is 4.94. The molecule has 0 amide bonds. The fourth-order valence-electron chi connectivity index (χ4n) is 1.63. The highest BCUT2D eigenvalue weighted by Crippen LogP contribution is 2.37. The van der Waals surface area contributed by atoms with Crippen LogP contribution in [0.15, 0.2) is 11.4 Å². The van der Waals surface area contributed by atoms with E-state index in [1.807, 2.05) is 11.3 Å². The van der Waals surface area contributed by atoms with Gasteiger partial charge in [0.1, 0.15) is 0 Å². The van der Waals surface area contributed by atoms with Crippen molar-refractivity contribution in [2.75, 3.05) is 0 Å². The zero-order chi connectivity index (χ0) is 9.26. The lowest BCUT2D eigenvalue weighted by molar-refractivity contribution is 0.677. The quantitative estimate of drug-likeness (QED) is 0.665. The van der Waals surface area contributed by atoms with Crippen molar-refractivity contribution in [3.63, 3.8) is 0 Å². The van der Waals surface area contributed by atoms with Gasteiger partial charge in [-0.25, -0.2) is 0 Å². The van der Waals surface area contributed by atoms with Crippen molar-refractivity contribution in [2.24, 2.45) is 5.92 Å². The van der Waals surface area contributed by atoms with E-state index in [1.165, 1.54) is 23.3 Å². The Hall–Kier alpha value is -0.0100. The predicted molar refractivity (Wildman–Crippen MR) is 59.7 cm³/mol. The summed E-state index contributed by atoms with van der Waals surface area (Å²) in [6.07, 6.45) is 5.03. The topological polar surface area (TPSA) is 0 Å². The van der Waals surface area contributed by atoms with Gasteiger partial charge in [-0.2, -0.15) is 0 Å². The molecule has 1 aliphatic carbocycles. The Bertz CT molecular complexity index is 275. The van der Waals surface area contributed by atoms with Crippen LogP contribution in [-0.4, -0.2) is 5.38 Å². The summed E-state index contributed by atoms with van der Waals surface area (Å²) >= 11 is 8.08. The average Bonchev–Trinajstić information content (AvgIpc) is 2.87. The largest absolute Gasteiger partial charge is 0.149 e. The van der Waals surface area contributed by atoms with E-state index in [1.54, 1.807) is 0 Å². The summed E-state index contributed by atoms with van der Waals surface area (Å²) in [6.45, 7) is 2.16. The molecule has 0 bridgehead atoms.